The number of hydrogen-bond donors (Lipinski definition) is 1. The van der Waals surface area contributed by atoms with Crippen molar-refractivity contribution in [2.24, 2.45) is 0 Å². The largest absolute Gasteiger partial charge is 0.495 e. The summed E-state index contributed by atoms with van der Waals surface area (Å²) in [5, 5.41) is 6.84. The van der Waals surface area contributed by atoms with Crippen LogP contribution in [0.5, 0.6) is 5.75 Å². The Hall–Kier alpha value is -3.88. The molecule has 0 aliphatic carbocycles. The van der Waals surface area contributed by atoms with Crippen LogP contribution in [0.2, 0.25) is 0 Å². The van der Waals surface area contributed by atoms with Gasteiger partial charge in [0.15, 0.2) is 0 Å². The second kappa shape index (κ2) is 9.51. The van der Waals surface area contributed by atoms with Crippen molar-refractivity contribution >= 4 is 23.1 Å². The smallest absolute Gasteiger partial charge is 0.267 e. The maximum Gasteiger partial charge on any atom is 0.267 e. The topological polar surface area (TPSA) is 79.7 Å². The normalized spacial score (nSPS) is 13.7. The molecule has 2 heterocycles. The quantitative estimate of drug-likeness (QED) is 0.638. The Morgan fingerprint density at radius 2 is 1.69 bits per heavy atom. The lowest BCUT2D eigenvalue weighted by Gasteiger charge is -2.37. The molecule has 1 aliphatic heterocycles. The predicted octanol–water partition coefficient (Wildman–Crippen LogP) is 2.36. The highest BCUT2D eigenvalue weighted by Crippen LogP contribution is 2.28. The number of hydrogen-bond acceptors (Lipinski definition) is 6. The third kappa shape index (κ3) is 4.72. The molecule has 0 saturated carbocycles. The fraction of sp³-hybridized carbons (Fsp3) is 0.261. The summed E-state index contributed by atoms with van der Waals surface area (Å²) in [7, 11) is 1.66. The molecule has 0 radical (unpaired) electrons. The van der Waals surface area contributed by atoms with Gasteiger partial charge in [0.25, 0.3) is 5.56 Å². The minimum Gasteiger partial charge on any atom is -0.495 e. The summed E-state index contributed by atoms with van der Waals surface area (Å²) >= 11 is 0. The summed E-state index contributed by atoms with van der Waals surface area (Å²) in [6.07, 6.45) is 0. The van der Waals surface area contributed by atoms with E-state index in [2.05, 4.69) is 20.2 Å². The molecule has 166 valence electrons. The molecule has 1 aliphatic rings. The maximum atomic E-state index is 13.8. The first-order valence-corrected chi connectivity index (χ1v) is 10.3. The van der Waals surface area contributed by atoms with Crippen LogP contribution in [0.25, 0.3) is 0 Å². The van der Waals surface area contributed by atoms with Crippen molar-refractivity contribution < 1.29 is 13.9 Å². The zero-order valence-electron chi connectivity index (χ0n) is 17.7. The number of amides is 1. The number of carbonyl (C=O) groups is 1. The van der Waals surface area contributed by atoms with E-state index in [0.29, 0.717) is 18.9 Å². The van der Waals surface area contributed by atoms with E-state index in [1.165, 1.54) is 24.3 Å². The Kier molecular flexibility index (Phi) is 6.34. The first-order valence-electron chi connectivity index (χ1n) is 10.3. The van der Waals surface area contributed by atoms with Gasteiger partial charge in [-0.2, -0.15) is 5.10 Å². The molecule has 0 atom stereocenters. The van der Waals surface area contributed by atoms with Crippen LogP contribution >= 0.6 is 0 Å². The van der Waals surface area contributed by atoms with Gasteiger partial charge in [0.2, 0.25) is 5.91 Å². The molecule has 1 aromatic heterocycles. The van der Waals surface area contributed by atoms with Crippen molar-refractivity contribution in [2.75, 3.05) is 48.4 Å². The molecule has 1 saturated heterocycles. The van der Waals surface area contributed by atoms with Gasteiger partial charge in [0.05, 0.1) is 18.5 Å². The monoisotopic (exact) mass is 437 g/mol. The number of para-hydroxylation sites is 3. The summed E-state index contributed by atoms with van der Waals surface area (Å²) in [4.78, 5) is 28.9. The minimum absolute atomic E-state index is 0.0640. The number of carbonyl (C=O) groups excluding carboxylic acids is 1. The van der Waals surface area contributed by atoms with Crippen molar-refractivity contribution in [3.05, 3.63) is 76.8 Å². The van der Waals surface area contributed by atoms with E-state index in [9.17, 15) is 14.0 Å². The number of halogens is 1. The number of nitrogens with one attached hydrogen (secondary N) is 1. The molecule has 4 rings (SSSR count). The first-order chi connectivity index (χ1) is 15.5. The van der Waals surface area contributed by atoms with Crippen molar-refractivity contribution in [3.8, 4) is 5.75 Å². The Bertz CT molecular complexity index is 1160. The Morgan fingerprint density at radius 1 is 1.00 bits per heavy atom. The van der Waals surface area contributed by atoms with Crippen LogP contribution in [0.1, 0.15) is 0 Å². The summed E-state index contributed by atoms with van der Waals surface area (Å²) in [5.41, 5.74) is 0.705. The van der Waals surface area contributed by atoms with Crippen LogP contribution in [0, 0.1) is 5.82 Å². The van der Waals surface area contributed by atoms with Gasteiger partial charge in [-0.3, -0.25) is 9.59 Å². The highest BCUT2D eigenvalue weighted by molar-refractivity contribution is 5.90. The molecule has 1 fully saturated rings. The van der Waals surface area contributed by atoms with Crippen LogP contribution < -0.4 is 25.4 Å². The number of anilines is 3. The average Bonchev–Trinajstić information content (AvgIpc) is 2.82. The molecule has 9 heteroatoms. The van der Waals surface area contributed by atoms with E-state index < -0.39 is 17.3 Å². The molecule has 3 aromatic rings. The van der Waals surface area contributed by atoms with Gasteiger partial charge in [-0.05, 0) is 30.3 Å². The molecular weight excluding hydrogens is 413 g/mol. The molecule has 2 aromatic carbocycles. The van der Waals surface area contributed by atoms with E-state index in [-0.39, 0.29) is 12.2 Å². The number of nitrogens with zero attached hydrogens (tertiary/aromatic N) is 4. The number of ether oxygens (including phenoxy) is 1. The lowest BCUT2D eigenvalue weighted by molar-refractivity contribution is -0.117. The Morgan fingerprint density at radius 3 is 2.44 bits per heavy atom. The summed E-state index contributed by atoms with van der Waals surface area (Å²) < 4.78 is 20.3. The zero-order chi connectivity index (χ0) is 22.5. The summed E-state index contributed by atoms with van der Waals surface area (Å²) in [6, 6.07) is 16.8. The number of benzene rings is 2. The molecule has 32 heavy (non-hydrogen) atoms. The molecule has 0 bridgehead atoms. The number of aromatic nitrogens is 2. The fourth-order valence-electron chi connectivity index (χ4n) is 3.68. The highest BCUT2D eigenvalue weighted by atomic mass is 19.1. The Balaban J connectivity index is 1.42. The number of methoxy groups -OCH3 is 1. The predicted molar refractivity (Wildman–Crippen MR) is 121 cm³/mol. The van der Waals surface area contributed by atoms with E-state index in [0.717, 1.165) is 29.2 Å². The molecule has 0 unspecified atom stereocenters. The second-order valence-electron chi connectivity index (χ2n) is 7.36. The van der Waals surface area contributed by atoms with E-state index >= 15 is 0 Å². The lowest BCUT2D eigenvalue weighted by atomic mass is 10.2. The van der Waals surface area contributed by atoms with Gasteiger partial charge < -0.3 is 19.9 Å². The highest BCUT2D eigenvalue weighted by Gasteiger charge is 2.21. The van der Waals surface area contributed by atoms with Gasteiger partial charge in [-0.15, -0.1) is 0 Å². The van der Waals surface area contributed by atoms with E-state index in [1.807, 2.05) is 24.3 Å². The summed E-state index contributed by atoms with van der Waals surface area (Å²) in [5.74, 6) is 0.377. The number of piperazine rings is 1. The third-order valence-corrected chi connectivity index (χ3v) is 5.32. The Labute approximate surface area is 184 Å². The van der Waals surface area contributed by atoms with Gasteiger partial charge >= 0.3 is 0 Å². The van der Waals surface area contributed by atoms with Crippen LogP contribution in [0.15, 0.2) is 65.5 Å². The third-order valence-electron chi connectivity index (χ3n) is 5.32. The second-order valence-corrected chi connectivity index (χ2v) is 7.36. The van der Waals surface area contributed by atoms with E-state index in [4.69, 9.17) is 4.74 Å². The van der Waals surface area contributed by atoms with Crippen LogP contribution in [-0.2, 0) is 11.3 Å². The molecule has 1 N–H and O–H groups in total. The van der Waals surface area contributed by atoms with Crippen molar-refractivity contribution in [1.29, 1.82) is 0 Å². The van der Waals surface area contributed by atoms with Gasteiger partial charge in [0.1, 0.15) is 23.9 Å². The van der Waals surface area contributed by atoms with Crippen molar-refractivity contribution in [2.45, 2.75) is 6.54 Å². The van der Waals surface area contributed by atoms with Gasteiger partial charge in [-0.1, -0.05) is 24.3 Å². The average molecular weight is 437 g/mol. The minimum atomic E-state index is -0.539. The molecular formula is C23H24FN5O3. The first kappa shape index (κ1) is 21.4. The molecule has 1 amide bonds. The van der Waals surface area contributed by atoms with Crippen molar-refractivity contribution in [1.82, 2.24) is 9.78 Å². The lowest BCUT2D eigenvalue weighted by Crippen LogP contribution is -2.47. The van der Waals surface area contributed by atoms with Gasteiger partial charge in [-0.25, -0.2) is 9.07 Å². The van der Waals surface area contributed by atoms with Crippen molar-refractivity contribution in [3.63, 3.8) is 0 Å². The fourth-order valence-corrected chi connectivity index (χ4v) is 3.68. The SMILES string of the molecule is COc1ccccc1N1CCN(c2ccc(=O)n(CC(=O)Nc3ccccc3F)n2)CC1. The van der Waals surface area contributed by atoms with E-state index in [1.54, 1.807) is 19.2 Å². The molecule has 0 spiro atoms. The number of rotatable bonds is 6. The zero-order valence-corrected chi connectivity index (χ0v) is 17.7. The maximum absolute atomic E-state index is 13.8. The molecule has 8 nitrogen and oxygen atoms in total. The summed E-state index contributed by atoms with van der Waals surface area (Å²) in [6.45, 7) is 2.61. The standard InChI is InChI=1S/C23H24FN5O3/c1-32-20-9-5-4-8-19(20)27-12-14-28(15-13-27)21-10-11-23(31)29(26-21)16-22(30)25-18-7-3-2-6-17(18)24/h2-11H,12-16H2,1H3,(H,25,30). The van der Waals surface area contributed by atoms with Crippen LogP contribution in [-0.4, -0.2) is 49.0 Å². The van der Waals surface area contributed by atoms with Crippen LogP contribution in [0.4, 0.5) is 21.6 Å². The van der Waals surface area contributed by atoms with Crippen LogP contribution in [0.3, 0.4) is 0 Å². The van der Waals surface area contributed by atoms with Gasteiger partial charge in [0, 0.05) is 32.2 Å².